The summed E-state index contributed by atoms with van der Waals surface area (Å²) in [6.07, 6.45) is 3.06. The van der Waals surface area contributed by atoms with Crippen LogP contribution in [0.25, 0.3) is 10.1 Å². The van der Waals surface area contributed by atoms with E-state index in [2.05, 4.69) is 48.4 Å². The summed E-state index contributed by atoms with van der Waals surface area (Å²) in [5.74, 6) is 0. The fourth-order valence-corrected chi connectivity index (χ4v) is 4.32. The number of nitrogens with zero attached hydrogens (tertiary/aromatic N) is 1. The molecule has 1 saturated heterocycles. The van der Waals surface area contributed by atoms with Crippen molar-refractivity contribution in [1.82, 2.24) is 4.90 Å². The highest BCUT2D eigenvalue weighted by atomic mass is 32.1. The van der Waals surface area contributed by atoms with Gasteiger partial charge in [-0.2, -0.15) is 0 Å². The second-order valence-electron chi connectivity index (χ2n) is 5.99. The highest BCUT2D eigenvalue weighted by Crippen LogP contribution is 2.40. The predicted octanol–water partition coefficient (Wildman–Crippen LogP) is 4.20. The van der Waals surface area contributed by atoms with Gasteiger partial charge < -0.3 is 5.11 Å². The minimum atomic E-state index is -0.423. The first kappa shape index (κ1) is 14.1. The van der Waals surface area contributed by atoms with E-state index in [4.69, 9.17) is 0 Å². The molecular formula is C17H23NOS. The van der Waals surface area contributed by atoms with Crippen molar-refractivity contribution in [3.63, 3.8) is 0 Å². The van der Waals surface area contributed by atoms with Crippen molar-refractivity contribution in [2.45, 2.75) is 44.8 Å². The Bertz CT molecular complexity index is 587. The summed E-state index contributed by atoms with van der Waals surface area (Å²) in [6, 6.07) is 8.41. The molecule has 1 aromatic carbocycles. The van der Waals surface area contributed by atoms with E-state index in [-0.39, 0.29) is 5.54 Å². The van der Waals surface area contributed by atoms with E-state index >= 15 is 0 Å². The molecule has 3 heteroatoms. The maximum Gasteiger partial charge on any atom is 0.0984 e. The Morgan fingerprint density at radius 2 is 2.05 bits per heavy atom. The molecule has 1 N–H and O–H groups in total. The van der Waals surface area contributed by atoms with Crippen LogP contribution in [0.1, 0.15) is 44.8 Å². The average molecular weight is 289 g/mol. The van der Waals surface area contributed by atoms with E-state index < -0.39 is 6.10 Å². The van der Waals surface area contributed by atoms with Gasteiger partial charge in [-0.15, -0.1) is 11.3 Å². The second kappa shape index (κ2) is 5.47. The van der Waals surface area contributed by atoms with Gasteiger partial charge in [0.2, 0.25) is 0 Å². The minimum Gasteiger partial charge on any atom is -0.386 e. The molecule has 0 amide bonds. The number of thiophene rings is 1. The maximum atomic E-state index is 11.1. The molecule has 0 bridgehead atoms. The maximum absolute atomic E-state index is 11.1. The Morgan fingerprint density at radius 1 is 1.30 bits per heavy atom. The van der Waals surface area contributed by atoms with Gasteiger partial charge in [-0.25, -0.2) is 0 Å². The largest absolute Gasteiger partial charge is 0.386 e. The van der Waals surface area contributed by atoms with Crippen LogP contribution >= 0.6 is 11.3 Å². The summed E-state index contributed by atoms with van der Waals surface area (Å²) < 4.78 is 1.24. The Labute approximate surface area is 125 Å². The lowest BCUT2D eigenvalue weighted by atomic mass is 9.85. The zero-order valence-electron chi connectivity index (χ0n) is 12.3. The first-order chi connectivity index (χ1) is 9.66. The highest BCUT2D eigenvalue weighted by Gasteiger charge is 2.39. The molecule has 2 unspecified atom stereocenters. The summed E-state index contributed by atoms with van der Waals surface area (Å²) in [5, 5.41) is 14.4. The quantitative estimate of drug-likeness (QED) is 0.912. The van der Waals surface area contributed by atoms with Crippen molar-refractivity contribution < 1.29 is 5.11 Å². The molecule has 2 aromatic rings. The lowest BCUT2D eigenvalue weighted by molar-refractivity contribution is -0.0131. The highest BCUT2D eigenvalue weighted by molar-refractivity contribution is 7.17. The molecule has 2 atom stereocenters. The summed E-state index contributed by atoms with van der Waals surface area (Å²) in [4.78, 5) is 2.48. The molecule has 0 radical (unpaired) electrons. The van der Waals surface area contributed by atoms with Crippen molar-refractivity contribution in [2.75, 3.05) is 13.1 Å². The van der Waals surface area contributed by atoms with E-state index in [1.165, 1.54) is 22.9 Å². The first-order valence-corrected chi connectivity index (χ1v) is 8.44. The Hall–Kier alpha value is -0.900. The van der Waals surface area contributed by atoms with Crippen molar-refractivity contribution in [3.8, 4) is 0 Å². The third-order valence-electron chi connectivity index (χ3n) is 4.94. The number of aliphatic hydroxyl groups excluding tert-OH is 1. The standard InChI is InChI=1S/C17H23NOS/c1-3-17(2,18-10-4-5-11-18)16(19)14-8-6-7-13-9-12-20-15(13)14/h6-9,12,16,19H,3-5,10-11H2,1-2H3. The predicted molar refractivity (Wildman–Crippen MR) is 86.3 cm³/mol. The van der Waals surface area contributed by atoms with Gasteiger partial charge >= 0.3 is 0 Å². The van der Waals surface area contributed by atoms with Crippen LogP contribution in [-0.2, 0) is 0 Å². The number of aliphatic hydroxyl groups is 1. The number of rotatable bonds is 4. The van der Waals surface area contributed by atoms with E-state index in [9.17, 15) is 5.11 Å². The van der Waals surface area contributed by atoms with Gasteiger partial charge in [-0.05, 0) is 56.1 Å². The lowest BCUT2D eigenvalue weighted by Gasteiger charge is -2.42. The third kappa shape index (κ3) is 2.18. The van der Waals surface area contributed by atoms with Gasteiger partial charge in [-0.1, -0.05) is 25.1 Å². The summed E-state index contributed by atoms with van der Waals surface area (Å²) in [6.45, 7) is 6.63. The van der Waals surface area contributed by atoms with Gasteiger partial charge in [0.25, 0.3) is 0 Å². The topological polar surface area (TPSA) is 23.5 Å². The number of hydrogen-bond acceptors (Lipinski definition) is 3. The molecule has 1 aliphatic rings. The van der Waals surface area contributed by atoms with Gasteiger partial charge in [-0.3, -0.25) is 4.90 Å². The van der Waals surface area contributed by atoms with Crippen LogP contribution in [0, 0.1) is 0 Å². The molecule has 0 spiro atoms. The SMILES string of the molecule is CCC(C)(C(O)c1cccc2ccsc12)N1CCCC1. The molecule has 1 aliphatic heterocycles. The fraction of sp³-hybridized carbons (Fsp3) is 0.529. The molecule has 0 saturated carbocycles. The molecular weight excluding hydrogens is 266 g/mol. The second-order valence-corrected chi connectivity index (χ2v) is 6.91. The molecule has 3 rings (SSSR count). The number of fused-ring (bicyclic) bond motifs is 1. The fourth-order valence-electron chi connectivity index (χ4n) is 3.38. The monoisotopic (exact) mass is 289 g/mol. The minimum absolute atomic E-state index is 0.158. The first-order valence-electron chi connectivity index (χ1n) is 7.56. The molecule has 0 aliphatic carbocycles. The van der Waals surface area contributed by atoms with Crippen LogP contribution in [0.4, 0.5) is 0 Å². The molecule has 108 valence electrons. The zero-order chi connectivity index (χ0) is 14.2. The summed E-state index contributed by atoms with van der Waals surface area (Å²) in [5.41, 5.74) is 0.933. The van der Waals surface area contributed by atoms with Gasteiger partial charge in [0.15, 0.2) is 0 Å². The van der Waals surface area contributed by atoms with Crippen LogP contribution in [0.2, 0.25) is 0 Å². The van der Waals surface area contributed by atoms with Gasteiger partial charge in [0.05, 0.1) is 6.10 Å². The number of likely N-dealkylation sites (tertiary alicyclic amines) is 1. The summed E-state index contributed by atoms with van der Waals surface area (Å²) >= 11 is 1.73. The third-order valence-corrected chi connectivity index (χ3v) is 5.92. The van der Waals surface area contributed by atoms with Crippen molar-refractivity contribution >= 4 is 21.4 Å². The molecule has 20 heavy (non-hydrogen) atoms. The van der Waals surface area contributed by atoms with Crippen molar-refractivity contribution in [2.24, 2.45) is 0 Å². The van der Waals surface area contributed by atoms with Crippen LogP contribution in [0.3, 0.4) is 0 Å². The van der Waals surface area contributed by atoms with Crippen LogP contribution in [0.5, 0.6) is 0 Å². The van der Waals surface area contributed by atoms with Crippen LogP contribution < -0.4 is 0 Å². The van der Waals surface area contributed by atoms with Gasteiger partial charge in [0.1, 0.15) is 0 Å². The molecule has 1 aromatic heterocycles. The lowest BCUT2D eigenvalue weighted by Crippen LogP contribution is -2.48. The molecule has 1 fully saturated rings. The zero-order valence-corrected chi connectivity index (χ0v) is 13.1. The van der Waals surface area contributed by atoms with Crippen molar-refractivity contribution in [1.29, 1.82) is 0 Å². The van der Waals surface area contributed by atoms with Crippen LogP contribution in [-0.4, -0.2) is 28.6 Å². The van der Waals surface area contributed by atoms with Gasteiger partial charge in [0, 0.05) is 15.8 Å². The Morgan fingerprint density at radius 3 is 2.75 bits per heavy atom. The number of hydrogen-bond donors (Lipinski definition) is 1. The normalized spacial score (nSPS) is 21.1. The molecule has 2 heterocycles. The Kier molecular flexibility index (Phi) is 3.85. The van der Waals surface area contributed by atoms with Crippen LogP contribution in [0.15, 0.2) is 29.6 Å². The van der Waals surface area contributed by atoms with E-state index in [0.29, 0.717) is 0 Å². The number of benzene rings is 1. The van der Waals surface area contributed by atoms with Crippen molar-refractivity contribution in [3.05, 3.63) is 35.2 Å². The summed E-state index contributed by atoms with van der Waals surface area (Å²) in [7, 11) is 0. The Balaban J connectivity index is 2.01. The smallest absolute Gasteiger partial charge is 0.0984 e. The molecule has 2 nitrogen and oxygen atoms in total. The average Bonchev–Trinajstić information content (AvgIpc) is 3.15. The van der Waals surface area contributed by atoms with E-state index in [0.717, 1.165) is 25.1 Å². The van der Waals surface area contributed by atoms with E-state index in [1.54, 1.807) is 11.3 Å². The van der Waals surface area contributed by atoms with E-state index in [1.807, 2.05) is 0 Å².